The molecule has 0 unspecified atom stereocenters. The Morgan fingerprint density at radius 2 is 2.04 bits per heavy atom. The summed E-state index contributed by atoms with van der Waals surface area (Å²) in [5, 5.41) is 0. The molecule has 2 aromatic heterocycles. The number of furan rings is 1. The second-order valence-electron chi connectivity index (χ2n) is 7.02. The SMILES string of the molecule is CCc1cnc(N2CCO[C@@H]3CN(Cc4ccoc4)CC[C@@H]3C2)nc1. The molecule has 2 aromatic rings. The van der Waals surface area contributed by atoms with Crippen LogP contribution in [0.1, 0.15) is 24.5 Å². The van der Waals surface area contributed by atoms with Crippen molar-refractivity contribution in [1.82, 2.24) is 14.9 Å². The maximum absolute atomic E-state index is 6.19. The van der Waals surface area contributed by atoms with E-state index in [1.165, 1.54) is 11.1 Å². The standard InChI is InChI=1S/C19H26N4O2/c1-2-15-9-20-19(21-10-15)23-6-8-25-18-13-22(5-3-17(18)12-23)11-16-4-7-24-14-16/h4,7,9-10,14,17-18H,2-3,5-6,8,11-13H2,1H3/t17-,18-/m1/s1. The Morgan fingerprint density at radius 1 is 1.16 bits per heavy atom. The van der Waals surface area contributed by atoms with E-state index in [0.29, 0.717) is 12.0 Å². The summed E-state index contributed by atoms with van der Waals surface area (Å²) < 4.78 is 11.4. The summed E-state index contributed by atoms with van der Waals surface area (Å²) in [6.45, 7) is 7.72. The van der Waals surface area contributed by atoms with Gasteiger partial charge in [0.25, 0.3) is 0 Å². The van der Waals surface area contributed by atoms with E-state index in [9.17, 15) is 0 Å². The fourth-order valence-corrected chi connectivity index (χ4v) is 3.78. The molecule has 0 aromatic carbocycles. The minimum Gasteiger partial charge on any atom is -0.472 e. The first-order chi connectivity index (χ1) is 12.3. The molecule has 6 nitrogen and oxygen atoms in total. The summed E-state index contributed by atoms with van der Waals surface area (Å²) in [7, 11) is 0. The maximum atomic E-state index is 6.19. The second kappa shape index (κ2) is 7.54. The van der Waals surface area contributed by atoms with Crippen LogP contribution in [0.4, 0.5) is 5.95 Å². The summed E-state index contributed by atoms with van der Waals surface area (Å²) in [6, 6.07) is 2.04. The van der Waals surface area contributed by atoms with E-state index in [1.54, 1.807) is 6.26 Å². The van der Waals surface area contributed by atoms with Crippen LogP contribution >= 0.6 is 0 Å². The van der Waals surface area contributed by atoms with E-state index in [2.05, 4.69) is 26.7 Å². The third kappa shape index (κ3) is 3.85. The highest BCUT2D eigenvalue weighted by Gasteiger charge is 2.34. The summed E-state index contributed by atoms with van der Waals surface area (Å²) in [4.78, 5) is 13.9. The number of fused-ring (bicyclic) bond motifs is 1. The highest BCUT2D eigenvalue weighted by Crippen LogP contribution is 2.26. The lowest BCUT2D eigenvalue weighted by molar-refractivity contribution is -0.0239. The van der Waals surface area contributed by atoms with Crippen LogP contribution in [0.3, 0.4) is 0 Å². The van der Waals surface area contributed by atoms with Crippen molar-refractivity contribution in [2.75, 3.05) is 37.7 Å². The topological polar surface area (TPSA) is 54.6 Å². The summed E-state index contributed by atoms with van der Waals surface area (Å²) in [5.41, 5.74) is 2.42. The van der Waals surface area contributed by atoms with Crippen molar-refractivity contribution in [3.05, 3.63) is 42.1 Å². The van der Waals surface area contributed by atoms with Gasteiger partial charge in [0.15, 0.2) is 0 Å². The lowest BCUT2D eigenvalue weighted by Crippen LogP contribution is -2.46. The Morgan fingerprint density at radius 3 is 2.80 bits per heavy atom. The van der Waals surface area contributed by atoms with Crippen LogP contribution in [-0.4, -0.2) is 53.8 Å². The average molecular weight is 342 g/mol. The van der Waals surface area contributed by atoms with Gasteiger partial charge in [-0.15, -0.1) is 0 Å². The number of nitrogens with zero attached hydrogens (tertiary/aromatic N) is 4. The van der Waals surface area contributed by atoms with Gasteiger partial charge in [-0.2, -0.15) is 0 Å². The minimum absolute atomic E-state index is 0.292. The molecular formula is C19H26N4O2. The predicted octanol–water partition coefficient (Wildman–Crippen LogP) is 2.36. The molecule has 2 saturated heterocycles. The number of aromatic nitrogens is 2. The molecule has 0 aliphatic carbocycles. The fraction of sp³-hybridized carbons (Fsp3) is 0.579. The van der Waals surface area contributed by atoms with Crippen LogP contribution < -0.4 is 4.90 Å². The van der Waals surface area contributed by atoms with Gasteiger partial charge in [-0.25, -0.2) is 9.97 Å². The maximum Gasteiger partial charge on any atom is 0.225 e. The first-order valence-corrected chi connectivity index (χ1v) is 9.22. The van der Waals surface area contributed by atoms with Crippen LogP contribution in [-0.2, 0) is 17.7 Å². The largest absolute Gasteiger partial charge is 0.472 e. The van der Waals surface area contributed by atoms with Crippen molar-refractivity contribution in [3.8, 4) is 0 Å². The van der Waals surface area contributed by atoms with E-state index in [4.69, 9.17) is 9.15 Å². The zero-order valence-electron chi connectivity index (χ0n) is 14.8. The third-order valence-corrected chi connectivity index (χ3v) is 5.30. The van der Waals surface area contributed by atoms with Gasteiger partial charge in [0.2, 0.25) is 5.95 Å². The van der Waals surface area contributed by atoms with Gasteiger partial charge in [0.05, 0.1) is 25.2 Å². The Hall–Kier alpha value is -1.92. The molecule has 0 amide bonds. The summed E-state index contributed by atoms with van der Waals surface area (Å²) in [5.74, 6) is 1.37. The molecule has 25 heavy (non-hydrogen) atoms. The first-order valence-electron chi connectivity index (χ1n) is 9.22. The van der Waals surface area contributed by atoms with E-state index < -0.39 is 0 Å². The van der Waals surface area contributed by atoms with Gasteiger partial charge < -0.3 is 14.1 Å². The number of likely N-dealkylation sites (tertiary alicyclic amines) is 1. The van der Waals surface area contributed by atoms with Crippen molar-refractivity contribution in [1.29, 1.82) is 0 Å². The van der Waals surface area contributed by atoms with Gasteiger partial charge in [-0.1, -0.05) is 6.92 Å². The smallest absolute Gasteiger partial charge is 0.225 e. The van der Waals surface area contributed by atoms with E-state index in [0.717, 1.165) is 58.1 Å². The molecule has 4 heterocycles. The molecule has 0 saturated carbocycles. The minimum atomic E-state index is 0.292. The van der Waals surface area contributed by atoms with Gasteiger partial charge >= 0.3 is 0 Å². The number of anilines is 1. The summed E-state index contributed by atoms with van der Waals surface area (Å²) in [6.07, 6.45) is 9.87. The van der Waals surface area contributed by atoms with Crippen molar-refractivity contribution >= 4 is 5.95 Å². The second-order valence-corrected chi connectivity index (χ2v) is 7.02. The molecule has 2 fully saturated rings. The van der Waals surface area contributed by atoms with E-state index in [1.807, 2.05) is 24.7 Å². The molecule has 0 N–H and O–H groups in total. The summed E-state index contributed by atoms with van der Waals surface area (Å²) >= 11 is 0. The lowest BCUT2D eigenvalue weighted by Gasteiger charge is -2.37. The van der Waals surface area contributed by atoms with Gasteiger partial charge in [0.1, 0.15) is 0 Å². The Labute approximate surface area is 148 Å². The zero-order chi connectivity index (χ0) is 17.1. The number of hydrogen-bond donors (Lipinski definition) is 0. The molecule has 2 aliphatic rings. The fourth-order valence-electron chi connectivity index (χ4n) is 3.78. The van der Waals surface area contributed by atoms with Crippen molar-refractivity contribution in [2.24, 2.45) is 5.92 Å². The first kappa shape index (κ1) is 16.5. The van der Waals surface area contributed by atoms with Gasteiger partial charge in [0, 0.05) is 50.1 Å². The van der Waals surface area contributed by atoms with E-state index in [-0.39, 0.29) is 0 Å². The van der Waals surface area contributed by atoms with Crippen LogP contribution in [0.15, 0.2) is 35.4 Å². The van der Waals surface area contributed by atoms with Crippen LogP contribution in [0.25, 0.3) is 0 Å². The van der Waals surface area contributed by atoms with Gasteiger partial charge in [-0.05, 0) is 31.0 Å². The number of rotatable bonds is 4. The molecule has 0 bridgehead atoms. The molecule has 2 aliphatic heterocycles. The number of aryl methyl sites for hydroxylation is 1. The molecule has 6 heteroatoms. The molecular weight excluding hydrogens is 316 g/mol. The third-order valence-electron chi connectivity index (χ3n) is 5.30. The van der Waals surface area contributed by atoms with Gasteiger partial charge in [-0.3, -0.25) is 4.90 Å². The monoisotopic (exact) mass is 342 g/mol. The predicted molar refractivity (Wildman–Crippen MR) is 95.5 cm³/mol. The van der Waals surface area contributed by atoms with E-state index >= 15 is 0 Å². The highest BCUT2D eigenvalue weighted by atomic mass is 16.5. The Bertz CT molecular complexity index is 659. The molecule has 4 rings (SSSR count). The van der Waals surface area contributed by atoms with Crippen molar-refractivity contribution in [3.63, 3.8) is 0 Å². The lowest BCUT2D eigenvalue weighted by atomic mass is 9.93. The molecule has 0 radical (unpaired) electrons. The van der Waals surface area contributed by atoms with Crippen molar-refractivity contribution in [2.45, 2.75) is 32.4 Å². The van der Waals surface area contributed by atoms with Crippen LogP contribution in [0.2, 0.25) is 0 Å². The average Bonchev–Trinajstić information content (AvgIpc) is 3.06. The molecule has 134 valence electrons. The normalized spacial score (nSPS) is 24.8. The number of piperidine rings is 1. The molecule has 0 spiro atoms. The number of hydrogen-bond acceptors (Lipinski definition) is 6. The van der Waals surface area contributed by atoms with Crippen LogP contribution in [0, 0.1) is 5.92 Å². The highest BCUT2D eigenvalue weighted by molar-refractivity contribution is 5.30. The molecule has 2 atom stereocenters. The quantitative estimate of drug-likeness (QED) is 0.850. The Kier molecular flexibility index (Phi) is 4.99. The zero-order valence-corrected chi connectivity index (χ0v) is 14.8. The van der Waals surface area contributed by atoms with Crippen molar-refractivity contribution < 1.29 is 9.15 Å². The number of ether oxygens (including phenoxy) is 1. The van der Waals surface area contributed by atoms with Crippen LogP contribution in [0.5, 0.6) is 0 Å². The Balaban J connectivity index is 1.39.